The van der Waals surface area contributed by atoms with Gasteiger partial charge in [-0.1, -0.05) is 51.4 Å². The minimum absolute atomic E-state index is 0.279. The molecule has 2 heterocycles. The van der Waals surface area contributed by atoms with E-state index < -0.39 is 36.6 Å². The Bertz CT molecular complexity index is 1310. The van der Waals surface area contributed by atoms with Crippen LogP contribution >= 0.6 is 7.44 Å². The monoisotopic (exact) mass is 677 g/mol. The lowest BCUT2D eigenvalue weighted by atomic mass is 10.0. The van der Waals surface area contributed by atoms with Gasteiger partial charge in [0.1, 0.15) is 29.3 Å². The molecule has 13 nitrogen and oxygen atoms in total. The maximum Gasteiger partial charge on any atom is 0.326 e. The highest BCUT2D eigenvalue weighted by atomic mass is 31.2. The first kappa shape index (κ1) is 37.2. The summed E-state index contributed by atoms with van der Waals surface area (Å²) < 4.78 is 34.2. The average Bonchev–Trinajstić information content (AvgIpc) is 3.18. The van der Waals surface area contributed by atoms with Crippen molar-refractivity contribution in [1.29, 1.82) is 0 Å². The van der Waals surface area contributed by atoms with Gasteiger partial charge < -0.3 is 24.5 Å². The summed E-state index contributed by atoms with van der Waals surface area (Å²) in [6.45, 7) is 9.39. The summed E-state index contributed by atoms with van der Waals surface area (Å²) in [5.74, 6) is -0.0798. The second-order valence-electron chi connectivity index (χ2n) is 14.6. The molecule has 2 fully saturated rings. The number of nitrogens with one attached hydrogen (secondary N) is 2. The van der Waals surface area contributed by atoms with E-state index in [0.717, 1.165) is 51.4 Å². The summed E-state index contributed by atoms with van der Waals surface area (Å²) in [6.07, 6.45) is 15.8. The largest absolute Gasteiger partial charge is 0.464 e. The third-order valence-corrected chi connectivity index (χ3v) is 11.6. The number of hydrogen-bond donors (Lipinski definition) is 3. The lowest BCUT2D eigenvalue weighted by Gasteiger charge is -2.36. The summed E-state index contributed by atoms with van der Waals surface area (Å²) >= 11 is 0. The smallest absolute Gasteiger partial charge is 0.326 e. The summed E-state index contributed by atoms with van der Waals surface area (Å²) in [6, 6.07) is 0. The van der Waals surface area contributed by atoms with Gasteiger partial charge in [0.15, 0.2) is 11.5 Å². The van der Waals surface area contributed by atoms with Gasteiger partial charge in [0, 0.05) is 0 Å². The van der Waals surface area contributed by atoms with E-state index >= 15 is 0 Å². The van der Waals surface area contributed by atoms with Gasteiger partial charge >= 0.3 is 11.9 Å². The van der Waals surface area contributed by atoms with Crippen LogP contribution in [0.15, 0.2) is 12.7 Å². The fourth-order valence-corrected chi connectivity index (χ4v) is 9.13. The Morgan fingerprint density at radius 1 is 0.872 bits per heavy atom. The highest BCUT2D eigenvalue weighted by Crippen LogP contribution is 2.42. The minimum atomic E-state index is -3.79. The predicted octanol–water partition coefficient (Wildman–Crippen LogP) is 5.73. The molecule has 0 unspecified atom stereocenters. The van der Waals surface area contributed by atoms with Crippen LogP contribution in [0.4, 0.5) is 5.82 Å². The van der Waals surface area contributed by atoms with E-state index in [2.05, 4.69) is 25.1 Å². The van der Waals surface area contributed by atoms with E-state index in [-0.39, 0.29) is 12.2 Å². The molecule has 0 saturated heterocycles. The van der Waals surface area contributed by atoms with Gasteiger partial charge in [-0.15, -0.1) is 0 Å². The third-order valence-electron chi connectivity index (χ3n) is 9.21. The van der Waals surface area contributed by atoms with Crippen LogP contribution in [-0.4, -0.2) is 68.2 Å². The van der Waals surface area contributed by atoms with Gasteiger partial charge in [0.25, 0.3) is 0 Å². The predicted molar refractivity (Wildman–Crippen MR) is 181 cm³/mol. The van der Waals surface area contributed by atoms with Crippen LogP contribution in [0, 0.1) is 11.8 Å². The zero-order chi connectivity index (χ0) is 34.1. The molecule has 0 spiro atoms. The second-order valence-corrected chi connectivity index (χ2v) is 16.7. The van der Waals surface area contributed by atoms with E-state index in [9.17, 15) is 14.2 Å². The first-order chi connectivity index (χ1) is 22.3. The normalized spacial score (nSPS) is 18.4. The van der Waals surface area contributed by atoms with Crippen molar-refractivity contribution in [2.75, 3.05) is 25.3 Å². The summed E-state index contributed by atoms with van der Waals surface area (Å²) in [5.41, 5.74) is 4.31. The number of anilines is 1. The van der Waals surface area contributed by atoms with Crippen molar-refractivity contribution < 1.29 is 28.4 Å². The van der Waals surface area contributed by atoms with Crippen molar-refractivity contribution in [2.24, 2.45) is 11.8 Å². The van der Waals surface area contributed by atoms with Gasteiger partial charge in [-0.25, -0.2) is 25.1 Å². The molecule has 2 saturated carbocycles. The molecule has 2 aromatic heterocycles. The Morgan fingerprint density at radius 3 is 1.85 bits per heavy atom. The molecule has 1 atom stereocenters. The molecule has 14 heteroatoms. The van der Waals surface area contributed by atoms with Crippen molar-refractivity contribution >= 4 is 36.4 Å². The van der Waals surface area contributed by atoms with Crippen molar-refractivity contribution in [2.45, 2.75) is 135 Å². The van der Waals surface area contributed by atoms with E-state index in [1.54, 1.807) is 38.6 Å². The minimum Gasteiger partial charge on any atom is -0.464 e. The SMILES string of the molecule is C[C@H](Cn1cnc2c(N)ncnc21)OCP(=O)(NC(C)(C)C(=O)OCC1CCCCCC1)NC(C)(C)C(=O)OCC1CCCCCC1. The van der Waals surface area contributed by atoms with E-state index in [1.807, 2.05) is 6.92 Å². The molecule has 2 aliphatic carbocycles. The molecule has 0 aromatic carbocycles. The lowest BCUT2D eigenvalue weighted by Crippen LogP contribution is -2.54. The Balaban J connectivity index is 1.44. The Kier molecular flexibility index (Phi) is 13.2. The first-order valence-electron chi connectivity index (χ1n) is 17.3. The molecule has 0 amide bonds. The standard InChI is InChI=1S/C33H56N7O6P/c1-24(18-40-22-37-27-28(34)35-21-36-29(27)40)46-23-47(43,38-32(2,3)30(41)44-19-25-14-10-6-7-11-15-25)39-33(4,5)31(42)45-20-26-16-12-8-9-13-17-26/h21-22,24-26H,6-20,23H2,1-5H3,(H2,34,35,36)(H2,38,39,43)/t24-/m1/s1. The Labute approximate surface area is 279 Å². The van der Waals surface area contributed by atoms with Crippen molar-refractivity contribution in [3.05, 3.63) is 12.7 Å². The molecule has 0 radical (unpaired) electrons. The van der Waals surface area contributed by atoms with Gasteiger partial charge in [-0.05, 0) is 72.1 Å². The maximum absolute atomic E-state index is 14.7. The van der Waals surface area contributed by atoms with Gasteiger partial charge in [-0.2, -0.15) is 0 Å². The topological polar surface area (TPSA) is 173 Å². The number of hydrogen-bond acceptors (Lipinski definition) is 10. The van der Waals surface area contributed by atoms with Crippen molar-refractivity contribution in [1.82, 2.24) is 29.7 Å². The number of rotatable bonds is 15. The van der Waals surface area contributed by atoms with Crippen LogP contribution in [0.2, 0.25) is 0 Å². The third kappa shape index (κ3) is 11.0. The van der Waals surface area contributed by atoms with Crippen LogP contribution in [0.3, 0.4) is 0 Å². The number of fused-ring (bicyclic) bond motifs is 1. The van der Waals surface area contributed by atoms with Crippen LogP contribution < -0.4 is 15.9 Å². The van der Waals surface area contributed by atoms with Crippen molar-refractivity contribution in [3.8, 4) is 0 Å². The van der Waals surface area contributed by atoms with Crippen LogP contribution in [-0.2, 0) is 34.9 Å². The number of nitrogen functional groups attached to an aromatic ring is 1. The van der Waals surface area contributed by atoms with Gasteiger partial charge in [-0.3, -0.25) is 14.2 Å². The Morgan fingerprint density at radius 2 is 1.36 bits per heavy atom. The zero-order valence-corrected chi connectivity index (χ0v) is 29.9. The number of nitrogens with zero attached hydrogens (tertiary/aromatic N) is 4. The highest BCUT2D eigenvalue weighted by molar-refractivity contribution is 7.59. The molecule has 47 heavy (non-hydrogen) atoms. The number of imidazole rings is 1. The van der Waals surface area contributed by atoms with Gasteiger partial charge in [0.2, 0.25) is 7.44 Å². The van der Waals surface area contributed by atoms with E-state index in [1.165, 1.54) is 32.0 Å². The molecule has 4 N–H and O–H groups in total. The number of carbonyl (C=O) groups excluding carboxylic acids is 2. The average molecular weight is 678 g/mol. The summed E-state index contributed by atoms with van der Waals surface area (Å²) in [7, 11) is -3.79. The maximum atomic E-state index is 14.7. The lowest BCUT2D eigenvalue weighted by molar-refractivity contribution is -0.151. The fraction of sp³-hybridized carbons (Fsp3) is 0.788. The highest BCUT2D eigenvalue weighted by Gasteiger charge is 2.43. The summed E-state index contributed by atoms with van der Waals surface area (Å²) in [5, 5.41) is 6.05. The molecular weight excluding hydrogens is 621 g/mol. The van der Waals surface area contributed by atoms with Crippen LogP contribution in [0.25, 0.3) is 11.2 Å². The number of aromatic nitrogens is 4. The molecule has 4 rings (SSSR count). The van der Waals surface area contributed by atoms with Gasteiger partial charge in [0.05, 0.1) is 32.2 Å². The number of nitrogens with two attached hydrogens (primary N) is 1. The number of esters is 2. The van der Waals surface area contributed by atoms with E-state index in [4.69, 9.17) is 19.9 Å². The summed E-state index contributed by atoms with van der Waals surface area (Å²) in [4.78, 5) is 39.3. The molecule has 0 bridgehead atoms. The number of ether oxygens (including phenoxy) is 3. The molecular formula is C33H56N7O6P. The van der Waals surface area contributed by atoms with Crippen molar-refractivity contribution in [3.63, 3.8) is 0 Å². The zero-order valence-electron chi connectivity index (χ0n) is 29.0. The molecule has 264 valence electrons. The quantitative estimate of drug-likeness (QED) is 0.119. The fourth-order valence-electron chi connectivity index (χ4n) is 6.49. The molecule has 2 aliphatic rings. The second kappa shape index (κ2) is 16.7. The number of carbonyl (C=O) groups is 2. The van der Waals surface area contributed by atoms with Crippen LogP contribution in [0.1, 0.15) is 112 Å². The van der Waals surface area contributed by atoms with Crippen LogP contribution in [0.5, 0.6) is 0 Å². The van der Waals surface area contributed by atoms with E-state index in [0.29, 0.717) is 42.8 Å². The molecule has 2 aromatic rings. The molecule has 0 aliphatic heterocycles. The Hall–Kier alpha value is -2.60. The first-order valence-corrected chi connectivity index (χ1v) is 19.2.